The van der Waals surface area contributed by atoms with Crippen molar-refractivity contribution in [2.75, 3.05) is 11.9 Å². The second-order valence-electron chi connectivity index (χ2n) is 7.31. The molecular formula is C21H25ClN2O2. The van der Waals surface area contributed by atoms with Gasteiger partial charge in [-0.3, -0.25) is 9.59 Å². The Labute approximate surface area is 160 Å². The quantitative estimate of drug-likeness (QED) is 0.832. The average molecular weight is 373 g/mol. The monoisotopic (exact) mass is 372 g/mol. The van der Waals surface area contributed by atoms with Gasteiger partial charge in [-0.1, -0.05) is 68.8 Å². The topological polar surface area (TPSA) is 49.4 Å². The molecule has 26 heavy (non-hydrogen) atoms. The predicted molar refractivity (Wildman–Crippen MR) is 106 cm³/mol. The van der Waals surface area contributed by atoms with Gasteiger partial charge in [-0.25, -0.2) is 0 Å². The summed E-state index contributed by atoms with van der Waals surface area (Å²) >= 11 is 6.17. The first-order valence-electron chi connectivity index (χ1n) is 8.57. The van der Waals surface area contributed by atoms with Gasteiger partial charge in [0.15, 0.2) is 0 Å². The summed E-state index contributed by atoms with van der Waals surface area (Å²) in [4.78, 5) is 26.0. The van der Waals surface area contributed by atoms with E-state index < -0.39 is 0 Å². The van der Waals surface area contributed by atoms with Gasteiger partial charge < -0.3 is 10.2 Å². The van der Waals surface area contributed by atoms with Crippen molar-refractivity contribution in [3.63, 3.8) is 0 Å². The Bertz CT molecular complexity index is 797. The van der Waals surface area contributed by atoms with Crippen LogP contribution < -0.4 is 5.32 Å². The molecule has 0 aliphatic carbocycles. The number of carbonyl (C=O) groups excluding carboxylic acids is 2. The number of nitrogens with zero attached hydrogens (tertiary/aromatic N) is 1. The maximum Gasteiger partial charge on any atom is 0.244 e. The van der Waals surface area contributed by atoms with Gasteiger partial charge in [-0.05, 0) is 28.7 Å². The fraction of sp³-hybridized carbons (Fsp3) is 0.333. The molecule has 0 aliphatic heterocycles. The minimum absolute atomic E-state index is 0.0287. The lowest BCUT2D eigenvalue weighted by Crippen LogP contribution is -2.36. The number of hydrogen-bond acceptors (Lipinski definition) is 2. The smallest absolute Gasteiger partial charge is 0.244 e. The van der Waals surface area contributed by atoms with E-state index in [9.17, 15) is 9.59 Å². The Morgan fingerprint density at radius 3 is 2.27 bits per heavy atom. The largest absolute Gasteiger partial charge is 0.329 e. The van der Waals surface area contributed by atoms with Crippen LogP contribution in [0.2, 0.25) is 5.02 Å². The van der Waals surface area contributed by atoms with Crippen molar-refractivity contribution in [1.29, 1.82) is 0 Å². The standard InChI is InChI=1S/C21H25ClN2O2/c1-15(25)24(13-16-9-5-7-11-18(16)22)14-20(26)23-19-12-8-6-10-17(19)21(2,3)4/h5-12H,13-14H2,1-4H3,(H,23,26). The van der Waals surface area contributed by atoms with E-state index in [0.717, 1.165) is 16.8 Å². The van der Waals surface area contributed by atoms with Crippen LogP contribution in [0, 0.1) is 0 Å². The molecule has 1 N–H and O–H groups in total. The molecule has 0 aromatic heterocycles. The van der Waals surface area contributed by atoms with Crippen molar-refractivity contribution in [2.45, 2.75) is 39.7 Å². The Morgan fingerprint density at radius 1 is 1.04 bits per heavy atom. The first kappa shape index (κ1) is 20.0. The summed E-state index contributed by atoms with van der Waals surface area (Å²) in [7, 11) is 0. The summed E-state index contributed by atoms with van der Waals surface area (Å²) in [6.45, 7) is 8.00. The molecule has 5 heteroatoms. The molecule has 0 radical (unpaired) electrons. The number of para-hydroxylation sites is 1. The Balaban J connectivity index is 2.12. The highest BCUT2D eigenvalue weighted by Crippen LogP contribution is 2.29. The Kier molecular flexibility index (Phi) is 6.43. The molecule has 2 rings (SSSR count). The van der Waals surface area contributed by atoms with Gasteiger partial charge in [0.1, 0.15) is 6.54 Å². The van der Waals surface area contributed by atoms with Crippen molar-refractivity contribution in [2.24, 2.45) is 0 Å². The molecule has 2 aromatic carbocycles. The zero-order valence-corrected chi connectivity index (χ0v) is 16.4. The maximum atomic E-state index is 12.5. The third kappa shape index (κ3) is 5.33. The van der Waals surface area contributed by atoms with Gasteiger partial charge in [0.2, 0.25) is 11.8 Å². The van der Waals surface area contributed by atoms with Crippen LogP contribution in [-0.2, 0) is 21.5 Å². The van der Waals surface area contributed by atoms with Crippen LogP contribution in [0.4, 0.5) is 5.69 Å². The van der Waals surface area contributed by atoms with E-state index in [1.54, 1.807) is 6.07 Å². The summed E-state index contributed by atoms with van der Waals surface area (Å²) in [6, 6.07) is 15.0. The number of halogens is 1. The van der Waals surface area contributed by atoms with Crippen LogP contribution in [-0.4, -0.2) is 23.3 Å². The van der Waals surface area contributed by atoms with E-state index in [-0.39, 0.29) is 23.8 Å². The van der Waals surface area contributed by atoms with E-state index in [1.807, 2.05) is 42.5 Å². The molecule has 138 valence electrons. The normalized spacial score (nSPS) is 11.1. The fourth-order valence-corrected chi connectivity index (χ4v) is 2.92. The summed E-state index contributed by atoms with van der Waals surface area (Å²) < 4.78 is 0. The van der Waals surface area contributed by atoms with Crippen molar-refractivity contribution in [3.8, 4) is 0 Å². The highest BCUT2D eigenvalue weighted by molar-refractivity contribution is 6.31. The number of nitrogens with one attached hydrogen (secondary N) is 1. The molecular weight excluding hydrogens is 348 g/mol. The number of rotatable bonds is 5. The molecule has 2 amide bonds. The molecule has 0 bridgehead atoms. The summed E-state index contributed by atoms with van der Waals surface area (Å²) in [5, 5.41) is 3.52. The molecule has 0 atom stereocenters. The lowest BCUT2D eigenvalue weighted by Gasteiger charge is -2.25. The van der Waals surface area contributed by atoms with Crippen LogP contribution in [0.25, 0.3) is 0 Å². The van der Waals surface area contributed by atoms with Crippen molar-refractivity contribution >= 4 is 29.1 Å². The second kappa shape index (κ2) is 8.37. The van der Waals surface area contributed by atoms with Gasteiger partial charge in [-0.2, -0.15) is 0 Å². The molecule has 0 saturated heterocycles. The zero-order valence-electron chi connectivity index (χ0n) is 15.7. The van der Waals surface area contributed by atoms with Crippen LogP contribution in [0.5, 0.6) is 0 Å². The van der Waals surface area contributed by atoms with Crippen LogP contribution in [0.1, 0.15) is 38.8 Å². The van der Waals surface area contributed by atoms with Crippen LogP contribution >= 0.6 is 11.6 Å². The van der Waals surface area contributed by atoms with Gasteiger partial charge in [0, 0.05) is 24.2 Å². The van der Waals surface area contributed by atoms with Gasteiger partial charge in [0.25, 0.3) is 0 Å². The number of benzene rings is 2. The molecule has 0 saturated carbocycles. The molecule has 4 nitrogen and oxygen atoms in total. The Hall–Kier alpha value is -2.33. The highest BCUT2D eigenvalue weighted by atomic mass is 35.5. The fourth-order valence-electron chi connectivity index (χ4n) is 2.72. The molecule has 0 fully saturated rings. The number of anilines is 1. The van der Waals surface area contributed by atoms with E-state index in [4.69, 9.17) is 11.6 Å². The number of carbonyl (C=O) groups is 2. The van der Waals surface area contributed by atoms with Crippen LogP contribution in [0.3, 0.4) is 0 Å². The summed E-state index contributed by atoms with van der Waals surface area (Å²) in [5.74, 6) is -0.409. The number of hydrogen-bond donors (Lipinski definition) is 1. The van der Waals surface area contributed by atoms with E-state index in [0.29, 0.717) is 11.6 Å². The Morgan fingerprint density at radius 2 is 1.65 bits per heavy atom. The van der Waals surface area contributed by atoms with Crippen molar-refractivity contribution < 1.29 is 9.59 Å². The van der Waals surface area contributed by atoms with E-state index >= 15 is 0 Å². The predicted octanol–water partition coefficient (Wildman–Crippen LogP) is 4.62. The first-order chi connectivity index (χ1) is 12.2. The zero-order chi connectivity index (χ0) is 19.3. The van der Waals surface area contributed by atoms with E-state index in [1.165, 1.54) is 11.8 Å². The SMILES string of the molecule is CC(=O)N(CC(=O)Nc1ccccc1C(C)(C)C)Cc1ccccc1Cl. The van der Waals surface area contributed by atoms with Gasteiger partial charge >= 0.3 is 0 Å². The van der Waals surface area contributed by atoms with E-state index in [2.05, 4.69) is 26.1 Å². The third-order valence-electron chi connectivity index (χ3n) is 4.11. The summed E-state index contributed by atoms with van der Waals surface area (Å²) in [5.41, 5.74) is 2.54. The molecule has 2 aromatic rings. The first-order valence-corrected chi connectivity index (χ1v) is 8.94. The van der Waals surface area contributed by atoms with Crippen LogP contribution in [0.15, 0.2) is 48.5 Å². The number of amides is 2. The lowest BCUT2D eigenvalue weighted by atomic mass is 9.86. The van der Waals surface area contributed by atoms with Crippen molar-refractivity contribution in [1.82, 2.24) is 4.90 Å². The molecule has 0 spiro atoms. The lowest BCUT2D eigenvalue weighted by molar-refractivity contribution is -0.133. The van der Waals surface area contributed by atoms with Gasteiger partial charge in [0.05, 0.1) is 0 Å². The second-order valence-corrected chi connectivity index (χ2v) is 7.72. The highest BCUT2D eigenvalue weighted by Gasteiger charge is 2.20. The molecule has 0 aliphatic rings. The summed E-state index contributed by atoms with van der Waals surface area (Å²) in [6.07, 6.45) is 0. The minimum atomic E-state index is -0.232. The minimum Gasteiger partial charge on any atom is -0.329 e. The molecule has 0 unspecified atom stereocenters. The maximum absolute atomic E-state index is 12.5. The average Bonchev–Trinajstić information content (AvgIpc) is 2.55. The van der Waals surface area contributed by atoms with Crippen molar-refractivity contribution in [3.05, 3.63) is 64.7 Å². The molecule has 0 heterocycles. The third-order valence-corrected chi connectivity index (χ3v) is 4.48. The van der Waals surface area contributed by atoms with Gasteiger partial charge in [-0.15, -0.1) is 0 Å².